The second kappa shape index (κ2) is 8.49. The lowest BCUT2D eigenvalue weighted by molar-refractivity contribution is -0.118. The molecule has 2 N–H and O–H groups in total. The first-order valence-corrected chi connectivity index (χ1v) is 12.8. The number of carbonyl (C=O) groups is 2. The standard InChI is InChI=1S/C21H18N4O8S2/c1-12-18(20(26)24(22-12)14-3-7-16(8-4-14)34(28,29)30)11-19-13(2)23-25(21(19)27)15-5-9-17(10-6-15)35(31,32)33/h3-11,18H,1-2H3,(H,28,29,30)(H,31,32,33). The number of benzene rings is 2. The monoisotopic (exact) mass is 518 g/mol. The lowest BCUT2D eigenvalue weighted by Crippen LogP contribution is -2.27. The van der Waals surface area contributed by atoms with Crippen molar-refractivity contribution in [3.8, 4) is 0 Å². The molecule has 182 valence electrons. The molecule has 0 saturated heterocycles. The van der Waals surface area contributed by atoms with Crippen LogP contribution in [0.3, 0.4) is 0 Å². The SMILES string of the molecule is CC1=NN(c2ccc(S(=O)(=O)O)cc2)C(=O)C1=CC1C(=O)N(c2ccc(S(=O)(=O)O)cc2)N=C1C. The number of nitrogens with zero attached hydrogens (tertiary/aromatic N) is 4. The molecule has 0 aliphatic carbocycles. The average molecular weight is 519 g/mol. The van der Waals surface area contributed by atoms with Crippen LogP contribution < -0.4 is 10.0 Å². The predicted molar refractivity (Wildman–Crippen MR) is 125 cm³/mol. The molecule has 35 heavy (non-hydrogen) atoms. The summed E-state index contributed by atoms with van der Waals surface area (Å²) >= 11 is 0. The highest BCUT2D eigenvalue weighted by Gasteiger charge is 2.37. The fourth-order valence-electron chi connectivity index (χ4n) is 3.53. The van der Waals surface area contributed by atoms with Crippen molar-refractivity contribution in [2.24, 2.45) is 16.1 Å². The Morgan fingerprint density at radius 1 is 0.771 bits per heavy atom. The van der Waals surface area contributed by atoms with E-state index in [-0.39, 0.29) is 26.7 Å². The molecule has 14 heteroatoms. The van der Waals surface area contributed by atoms with E-state index < -0.39 is 38.0 Å². The molecule has 2 aliphatic rings. The Kier molecular flexibility index (Phi) is 5.92. The van der Waals surface area contributed by atoms with E-state index in [0.29, 0.717) is 11.4 Å². The Labute approximate surface area is 200 Å². The van der Waals surface area contributed by atoms with Crippen molar-refractivity contribution < 1.29 is 35.5 Å². The van der Waals surface area contributed by atoms with Crippen LogP contribution in [0.15, 0.2) is 80.2 Å². The lowest BCUT2D eigenvalue weighted by atomic mass is 9.98. The third-order valence-electron chi connectivity index (χ3n) is 5.34. The van der Waals surface area contributed by atoms with Crippen molar-refractivity contribution in [2.75, 3.05) is 10.0 Å². The predicted octanol–water partition coefficient (Wildman–Crippen LogP) is 1.87. The van der Waals surface area contributed by atoms with Gasteiger partial charge >= 0.3 is 0 Å². The Bertz CT molecular complexity index is 1540. The van der Waals surface area contributed by atoms with Gasteiger partial charge in [0.1, 0.15) is 0 Å². The molecule has 2 aromatic rings. The van der Waals surface area contributed by atoms with E-state index in [1.165, 1.54) is 30.3 Å². The first-order chi connectivity index (χ1) is 16.3. The molecule has 2 aliphatic heterocycles. The molecule has 0 fully saturated rings. The van der Waals surface area contributed by atoms with Gasteiger partial charge in [0.05, 0.1) is 44.1 Å². The van der Waals surface area contributed by atoms with E-state index in [1.807, 2.05) is 0 Å². The summed E-state index contributed by atoms with van der Waals surface area (Å²) in [4.78, 5) is 25.4. The Morgan fingerprint density at radius 2 is 1.23 bits per heavy atom. The van der Waals surface area contributed by atoms with Gasteiger partial charge in [0.2, 0.25) is 0 Å². The van der Waals surface area contributed by atoms with Gasteiger partial charge in [0, 0.05) is 0 Å². The Morgan fingerprint density at radius 3 is 1.69 bits per heavy atom. The molecule has 2 aromatic carbocycles. The highest BCUT2D eigenvalue weighted by atomic mass is 32.2. The van der Waals surface area contributed by atoms with Crippen LogP contribution in [0.25, 0.3) is 0 Å². The van der Waals surface area contributed by atoms with E-state index >= 15 is 0 Å². The number of carbonyl (C=O) groups excluding carboxylic acids is 2. The first kappa shape index (κ1) is 24.4. The Hall–Kier alpha value is -3.72. The summed E-state index contributed by atoms with van der Waals surface area (Å²) in [5.41, 5.74) is 1.39. The van der Waals surface area contributed by atoms with Crippen LogP contribution in [-0.2, 0) is 29.8 Å². The second-order valence-electron chi connectivity index (χ2n) is 7.69. The topological polar surface area (TPSA) is 174 Å². The van der Waals surface area contributed by atoms with Gasteiger partial charge in [-0.3, -0.25) is 18.7 Å². The maximum Gasteiger partial charge on any atom is 0.294 e. The normalized spacial score (nSPS) is 20.0. The van der Waals surface area contributed by atoms with Gasteiger partial charge in [0.25, 0.3) is 32.1 Å². The van der Waals surface area contributed by atoms with Crippen LogP contribution in [-0.4, -0.2) is 49.2 Å². The Balaban J connectivity index is 1.58. The summed E-state index contributed by atoms with van der Waals surface area (Å²) < 4.78 is 63.2. The number of rotatable bonds is 5. The minimum Gasteiger partial charge on any atom is -0.282 e. The van der Waals surface area contributed by atoms with E-state index in [1.54, 1.807) is 13.8 Å². The minimum absolute atomic E-state index is 0.153. The maximum atomic E-state index is 13.0. The molecule has 1 unspecified atom stereocenters. The molecular formula is C21H18N4O8S2. The summed E-state index contributed by atoms with van der Waals surface area (Å²) in [6.07, 6.45) is 1.43. The molecule has 1 atom stereocenters. The fourth-order valence-corrected chi connectivity index (χ4v) is 4.49. The molecule has 0 bridgehead atoms. The van der Waals surface area contributed by atoms with Crippen LogP contribution in [0.4, 0.5) is 11.4 Å². The molecule has 12 nitrogen and oxygen atoms in total. The molecule has 2 amide bonds. The molecule has 2 heterocycles. The van der Waals surface area contributed by atoms with Gasteiger partial charge < -0.3 is 0 Å². The largest absolute Gasteiger partial charge is 0.294 e. The second-order valence-corrected chi connectivity index (χ2v) is 10.5. The number of anilines is 2. The summed E-state index contributed by atoms with van der Waals surface area (Å²) in [5, 5.41) is 10.5. The number of hydrogen-bond acceptors (Lipinski definition) is 8. The summed E-state index contributed by atoms with van der Waals surface area (Å²) in [6.45, 7) is 3.18. The molecule has 0 radical (unpaired) electrons. The summed E-state index contributed by atoms with van der Waals surface area (Å²) in [7, 11) is -8.78. The van der Waals surface area contributed by atoms with Crippen molar-refractivity contribution in [3.05, 3.63) is 60.2 Å². The maximum absolute atomic E-state index is 13.0. The molecule has 0 aromatic heterocycles. The minimum atomic E-state index is -4.39. The van der Waals surface area contributed by atoms with Crippen molar-refractivity contribution in [1.82, 2.24) is 0 Å². The van der Waals surface area contributed by atoms with E-state index in [9.17, 15) is 26.4 Å². The molecule has 0 spiro atoms. The van der Waals surface area contributed by atoms with Crippen LogP contribution in [0.5, 0.6) is 0 Å². The van der Waals surface area contributed by atoms with Gasteiger partial charge in [-0.15, -0.1) is 0 Å². The van der Waals surface area contributed by atoms with Gasteiger partial charge in [-0.2, -0.15) is 37.1 Å². The van der Waals surface area contributed by atoms with Crippen molar-refractivity contribution in [2.45, 2.75) is 23.6 Å². The molecule has 0 saturated carbocycles. The quantitative estimate of drug-likeness (QED) is 0.445. The summed E-state index contributed by atoms with van der Waals surface area (Å²) in [6, 6.07) is 9.80. The van der Waals surface area contributed by atoms with E-state index in [4.69, 9.17) is 9.11 Å². The van der Waals surface area contributed by atoms with Gasteiger partial charge in [-0.25, -0.2) is 0 Å². The van der Waals surface area contributed by atoms with Crippen molar-refractivity contribution in [3.63, 3.8) is 0 Å². The average Bonchev–Trinajstić information content (AvgIpc) is 3.23. The van der Waals surface area contributed by atoms with E-state index in [0.717, 1.165) is 34.3 Å². The zero-order chi connectivity index (χ0) is 25.7. The highest BCUT2D eigenvalue weighted by Crippen LogP contribution is 2.29. The number of hydrogen-bond donors (Lipinski definition) is 2. The summed E-state index contributed by atoms with van der Waals surface area (Å²) in [5.74, 6) is -1.91. The zero-order valence-electron chi connectivity index (χ0n) is 18.2. The first-order valence-electron chi connectivity index (χ1n) is 9.93. The van der Waals surface area contributed by atoms with Crippen LogP contribution in [0, 0.1) is 5.92 Å². The van der Waals surface area contributed by atoms with Crippen LogP contribution in [0.1, 0.15) is 13.8 Å². The van der Waals surface area contributed by atoms with Gasteiger partial charge in [-0.1, -0.05) is 6.08 Å². The lowest BCUT2D eigenvalue weighted by Gasteiger charge is -2.14. The highest BCUT2D eigenvalue weighted by molar-refractivity contribution is 7.86. The van der Waals surface area contributed by atoms with Gasteiger partial charge in [0.15, 0.2) is 0 Å². The fraction of sp³-hybridized carbons (Fsp3) is 0.143. The smallest absolute Gasteiger partial charge is 0.282 e. The van der Waals surface area contributed by atoms with Crippen LogP contribution >= 0.6 is 0 Å². The third kappa shape index (κ3) is 4.64. The molecular weight excluding hydrogens is 500 g/mol. The van der Waals surface area contributed by atoms with Gasteiger partial charge in [-0.05, 0) is 62.4 Å². The molecule has 4 rings (SSSR count). The van der Waals surface area contributed by atoms with E-state index in [2.05, 4.69) is 10.2 Å². The third-order valence-corrected chi connectivity index (χ3v) is 7.07. The number of amides is 2. The van der Waals surface area contributed by atoms with Crippen LogP contribution in [0.2, 0.25) is 0 Å². The zero-order valence-corrected chi connectivity index (χ0v) is 19.9. The van der Waals surface area contributed by atoms with Crippen molar-refractivity contribution in [1.29, 1.82) is 0 Å². The van der Waals surface area contributed by atoms with Crippen molar-refractivity contribution >= 4 is 54.8 Å². The number of hydrazone groups is 2.